The Hall–Kier alpha value is -2.49. The number of allylic oxidation sites excluding steroid dienone is 3. The molecule has 1 aliphatic rings. The third-order valence-electron chi connectivity index (χ3n) is 3.32. The minimum atomic E-state index is -0.0443. The van der Waals surface area contributed by atoms with E-state index in [0.29, 0.717) is 12.2 Å². The maximum atomic E-state index is 12.1. The van der Waals surface area contributed by atoms with E-state index < -0.39 is 0 Å². The van der Waals surface area contributed by atoms with Crippen LogP contribution in [0.2, 0.25) is 0 Å². The van der Waals surface area contributed by atoms with Gasteiger partial charge in [0.15, 0.2) is 5.82 Å². The summed E-state index contributed by atoms with van der Waals surface area (Å²) in [7, 11) is 0. The van der Waals surface area contributed by atoms with Gasteiger partial charge in [0.1, 0.15) is 0 Å². The lowest BCUT2D eigenvalue weighted by atomic mass is 10.0. The summed E-state index contributed by atoms with van der Waals surface area (Å²) in [6, 6.07) is 7.75. The van der Waals surface area contributed by atoms with E-state index in [-0.39, 0.29) is 5.91 Å². The van der Waals surface area contributed by atoms with E-state index in [2.05, 4.69) is 21.6 Å². The molecule has 0 unspecified atom stereocenters. The van der Waals surface area contributed by atoms with Crippen molar-refractivity contribution in [2.24, 2.45) is 0 Å². The molecular formula is C16H15N3O. The van der Waals surface area contributed by atoms with Crippen molar-refractivity contribution in [1.82, 2.24) is 10.2 Å². The Bertz CT molecular complexity index is 698. The molecule has 0 bridgehead atoms. The van der Waals surface area contributed by atoms with Crippen LogP contribution in [0, 0.1) is 0 Å². The average molecular weight is 265 g/mol. The van der Waals surface area contributed by atoms with E-state index in [1.165, 1.54) is 0 Å². The molecule has 0 saturated heterocycles. The Morgan fingerprint density at radius 3 is 3.05 bits per heavy atom. The molecule has 20 heavy (non-hydrogen) atoms. The van der Waals surface area contributed by atoms with Crippen LogP contribution in [-0.2, 0) is 4.79 Å². The van der Waals surface area contributed by atoms with E-state index in [1.807, 2.05) is 36.4 Å². The standard InChI is InChI=1S/C16H15N3O/c20-15(10-12-6-2-1-3-7-12)18-16-14-9-5-4-8-13(14)11-17-19-16/h1-2,4-6,8-9,11H,3,7,10H2,(H,18,19,20). The third-order valence-corrected chi connectivity index (χ3v) is 3.32. The van der Waals surface area contributed by atoms with Crippen LogP contribution in [0.5, 0.6) is 0 Å². The third kappa shape index (κ3) is 2.74. The van der Waals surface area contributed by atoms with Crippen molar-refractivity contribution in [1.29, 1.82) is 0 Å². The summed E-state index contributed by atoms with van der Waals surface area (Å²) in [6.45, 7) is 0. The molecule has 0 spiro atoms. The summed E-state index contributed by atoms with van der Waals surface area (Å²) in [4.78, 5) is 12.1. The summed E-state index contributed by atoms with van der Waals surface area (Å²) in [5, 5.41) is 12.7. The van der Waals surface area contributed by atoms with Crippen LogP contribution in [0.25, 0.3) is 10.8 Å². The van der Waals surface area contributed by atoms with E-state index in [1.54, 1.807) is 6.20 Å². The van der Waals surface area contributed by atoms with Gasteiger partial charge in [-0.2, -0.15) is 5.10 Å². The van der Waals surface area contributed by atoms with Gasteiger partial charge >= 0.3 is 0 Å². The number of hydrogen-bond donors (Lipinski definition) is 1. The molecule has 1 aromatic heterocycles. The SMILES string of the molecule is O=C(CC1=CC=CCC1)Nc1nncc2ccccc12. The number of fused-ring (bicyclic) bond motifs is 1. The van der Waals surface area contributed by atoms with Crippen LogP contribution in [0.15, 0.2) is 54.3 Å². The fourth-order valence-electron chi connectivity index (χ4n) is 2.30. The average Bonchev–Trinajstić information content (AvgIpc) is 2.48. The Morgan fingerprint density at radius 2 is 2.20 bits per heavy atom. The zero-order valence-electron chi connectivity index (χ0n) is 11.0. The second kappa shape index (κ2) is 5.65. The quantitative estimate of drug-likeness (QED) is 0.927. The highest BCUT2D eigenvalue weighted by atomic mass is 16.1. The van der Waals surface area contributed by atoms with Gasteiger partial charge in [0.25, 0.3) is 0 Å². The van der Waals surface area contributed by atoms with Gasteiger partial charge in [-0.3, -0.25) is 4.79 Å². The first-order valence-electron chi connectivity index (χ1n) is 6.68. The molecule has 4 heteroatoms. The van der Waals surface area contributed by atoms with Crippen molar-refractivity contribution >= 4 is 22.5 Å². The van der Waals surface area contributed by atoms with Gasteiger partial charge in [-0.15, -0.1) is 5.10 Å². The Labute approximate surface area is 117 Å². The molecule has 4 nitrogen and oxygen atoms in total. The summed E-state index contributed by atoms with van der Waals surface area (Å²) < 4.78 is 0. The lowest BCUT2D eigenvalue weighted by Gasteiger charge is -2.10. The molecule has 0 aliphatic heterocycles. The smallest absolute Gasteiger partial charge is 0.229 e. The Kier molecular flexibility index (Phi) is 3.54. The largest absolute Gasteiger partial charge is 0.308 e. The predicted molar refractivity (Wildman–Crippen MR) is 79.2 cm³/mol. The fourth-order valence-corrected chi connectivity index (χ4v) is 2.30. The first kappa shape index (κ1) is 12.5. The maximum Gasteiger partial charge on any atom is 0.229 e. The number of nitrogens with zero attached hydrogens (tertiary/aromatic N) is 2. The molecular weight excluding hydrogens is 250 g/mol. The molecule has 1 heterocycles. The fraction of sp³-hybridized carbons (Fsp3) is 0.188. The van der Waals surface area contributed by atoms with Crippen LogP contribution in [0.4, 0.5) is 5.82 Å². The van der Waals surface area contributed by atoms with Gasteiger partial charge in [0.05, 0.1) is 6.20 Å². The van der Waals surface area contributed by atoms with Crippen LogP contribution in [-0.4, -0.2) is 16.1 Å². The van der Waals surface area contributed by atoms with Crippen LogP contribution >= 0.6 is 0 Å². The molecule has 2 aromatic rings. The number of hydrogen-bond acceptors (Lipinski definition) is 3. The van der Waals surface area contributed by atoms with E-state index in [0.717, 1.165) is 29.2 Å². The normalized spacial score (nSPS) is 14.1. The molecule has 1 aromatic carbocycles. The molecule has 3 rings (SSSR count). The number of nitrogens with one attached hydrogen (secondary N) is 1. The van der Waals surface area contributed by atoms with Crippen molar-refractivity contribution < 1.29 is 4.79 Å². The number of rotatable bonds is 3. The van der Waals surface area contributed by atoms with Crippen LogP contribution in [0.1, 0.15) is 19.3 Å². The highest BCUT2D eigenvalue weighted by Gasteiger charge is 2.10. The molecule has 0 fully saturated rings. The van der Waals surface area contributed by atoms with E-state index in [9.17, 15) is 4.79 Å². The molecule has 0 saturated carbocycles. The van der Waals surface area contributed by atoms with E-state index >= 15 is 0 Å². The molecule has 100 valence electrons. The second-order valence-electron chi connectivity index (χ2n) is 4.80. The zero-order chi connectivity index (χ0) is 13.8. The van der Waals surface area contributed by atoms with Crippen molar-refractivity contribution in [2.45, 2.75) is 19.3 Å². The zero-order valence-corrected chi connectivity index (χ0v) is 11.0. The number of aromatic nitrogens is 2. The number of carbonyl (C=O) groups is 1. The van der Waals surface area contributed by atoms with Crippen molar-refractivity contribution in [3.8, 4) is 0 Å². The van der Waals surface area contributed by atoms with Crippen LogP contribution < -0.4 is 5.32 Å². The predicted octanol–water partition coefficient (Wildman–Crippen LogP) is 3.23. The van der Waals surface area contributed by atoms with Gasteiger partial charge in [-0.05, 0) is 12.8 Å². The minimum Gasteiger partial charge on any atom is -0.308 e. The molecule has 1 amide bonds. The molecule has 1 aliphatic carbocycles. The minimum absolute atomic E-state index is 0.0443. The van der Waals surface area contributed by atoms with Crippen molar-refractivity contribution in [3.63, 3.8) is 0 Å². The Balaban J connectivity index is 1.77. The van der Waals surface area contributed by atoms with Gasteiger partial charge in [-0.1, -0.05) is 48.1 Å². The van der Waals surface area contributed by atoms with Gasteiger partial charge in [-0.25, -0.2) is 0 Å². The lowest BCUT2D eigenvalue weighted by Crippen LogP contribution is -2.14. The second-order valence-corrected chi connectivity index (χ2v) is 4.80. The summed E-state index contributed by atoms with van der Waals surface area (Å²) >= 11 is 0. The van der Waals surface area contributed by atoms with Crippen LogP contribution in [0.3, 0.4) is 0 Å². The summed E-state index contributed by atoms with van der Waals surface area (Å²) in [5.41, 5.74) is 1.15. The number of anilines is 1. The van der Waals surface area contributed by atoms with Gasteiger partial charge in [0.2, 0.25) is 5.91 Å². The molecule has 0 atom stereocenters. The maximum absolute atomic E-state index is 12.1. The Morgan fingerprint density at radius 1 is 1.30 bits per heavy atom. The van der Waals surface area contributed by atoms with Gasteiger partial charge in [0, 0.05) is 17.2 Å². The van der Waals surface area contributed by atoms with Gasteiger partial charge < -0.3 is 5.32 Å². The lowest BCUT2D eigenvalue weighted by molar-refractivity contribution is -0.115. The highest BCUT2D eigenvalue weighted by Crippen LogP contribution is 2.21. The topological polar surface area (TPSA) is 54.9 Å². The number of carbonyl (C=O) groups excluding carboxylic acids is 1. The molecule has 0 radical (unpaired) electrons. The van der Waals surface area contributed by atoms with Crippen molar-refractivity contribution in [3.05, 3.63) is 54.3 Å². The first-order valence-corrected chi connectivity index (χ1v) is 6.68. The summed E-state index contributed by atoms with van der Waals surface area (Å²) in [5.74, 6) is 0.484. The number of benzene rings is 1. The summed E-state index contributed by atoms with van der Waals surface area (Å²) in [6.07, 6.45) is 10.2. The number of amides is 1. The monoisotopic (exact) mass is 265 g/mol. The first-order chi connectivity index (χ1) is 9.83. The highest BCUT2D eigenvalue weighted by molar-refractivity contribution is 6.00. The van der Waals surface area contributed by atoms with Crippen molar-refractivity contribution in [2.75, 3.05) is 5.32 Å². The molecule has 1 N–H and O–H groups in total. The van der Waals surface area contributed by atoms with E-state index in [4.69, 9.17) is 0 Å².